The van der Waals surface area contributed by atoms with Crippen molar-refractivity contribution in [1.29, 1.82) is 0 Å². The van der Waals surface area contributed by atoms with Crippen LogP contribution in [-0.2, 0) is 9.53 Å². The Morgan fingerprint density at radius 1 is 1.55 bits per heavy atom. The quantitative estimate of drug-likeness (QED) is 0.337. The zero-order chi connectivity index (χ0) is 8.91. The van der Waals surface area contributed by atoms with Gasteiger partial charge in [-0.1, -0.05) is 12.7 Å². The van der Waals surface area contributed by atoms with Gasteiger partial charge in [-0.2, -0.15) is 0 Å². The predicted octanol–water partition coefficient (Wildman–Crippen LogP) is 0.422. The fraction of sp³-hybridized carbons (Fsp3) is 0.625. The minimum Gasteiger partial charge on any atom is -0.457 e. The molecule has 3 heteroatoms. The van der Waals surface area contributed by atoms with Gasteiger partial charge in [0.1, 0.15) is 6.61 Å². The van der Waals surface area contributed by atoms with E-state index in [9.17, 15) is 4.79 Å². The molecule has 0 aromatic rings. The van der Waals surface area contributed by atoms with Crippen LogP contribution in [0.5, 0.6) is 0 Å². The Morgan fingerprint density at radius 3 is 2.45 bits per heavy atom. The number of hydrogen-bond donors (Lipinski definition) is 0. The minimum absolute atomic E-state index is 0.183. The second-order valence-electron chi connectivity index (χ2n) is 3.42. The smallest absolute Gasteiger partial charge is 0.362 e. The Labute approximate surface area is 67.8 Å². The number of nitrogens with zero attached hydrogens (tertiary/aromatic N) is 1. The van der Waals surface area contributed by atoms with Crippen molar-refractivity contribution in [3.05, 3.63) is 12.7 Å². The maximum atomic E-state index is 10.9. The molecule has 11 heavy (non-hydrogen) atoms. The molecule has 0 amide bonds. The van der Waals surface area contributed by atoms with E-state index in [0.717, 1.165) is 0 Å². The molecule has 0 fully saturated rings. The number of rotatable bonds is 4. The van der Waals surface area contributed by atoms with E-state index in [1.807, 2.05) is 21.1 Å². The average molecular weight is 158 g/mol. The third kappa shape index (κ3) is 7.06. The number of likely N-dealkylation sites (N-methyl/N-ethyl adjacent to an activating group) is 1. The van der Waals surface area contributed by atoms with Crippen molar-refractivity contribution in [2.24, 2.45) is 0 Å². The summed E-state index contributed by atoms with van der Waals surface area (Å²) in [6, 6.07) is 0. The molecule has 64 valence electrons. The first-order chi connectivity index (χ1) is 4.95. The maximum absolute atomic E-state index is 10.9. The van der Waals surface area contributed by atoms with E-state index < -0.39 is 0 Å². The first-order valence-corrected chi connectivity index (χ1v) is 3.52. The lowest BCUT2D eigenvalue weighted by Crippen LogP contribution is -2.40. The molecule has 0 atom stereocenters. The molecule has 0 aromatic heterocycles. The van der Waals surface area contributed by atoms with E-state index in [2.05, 4.69) is 6.58 Å². The molecule has 0 unspecified atom stereocenters. The van der Waals surface area contributed by atoms with Crippen LogP contribution in [0.15, 0.2) is 12.7 Å². The summed E-state index contributed by atoms with van der Waals surface area (Å²) in [4.78, 5) is 10.9. The minimum atomic E-state index is -0.183. The SMILES string of the molecule is C=CCOC(=O)C[N+](C)(C)C. The molecule has 0 rings (SSSR count). The van der Waals surface area contributed by atoms with E-state index in [0.29, 0.717) is 17.6 Å². The maximum Gasteiger partial charge on any atom is 0.362 e. The van der Waals surface area contributed by atoms with Crippen LogP contribution < -0.4 is 0 Å². The van der Waals surface area contributed by atoms with E-state index in [1.54, 1.807) is 6.08 Å². The van der Waals surface area contributed by atoms with Crippen molar-refractivity contribution in [2.45, 2.75) is 0 Å². The molecular weight excluding hydrogens is 142 g/mol. The topological polar surface area (TPSA) is 26.3 Å². The zero-order valence-corrected chi connectivity index (χ0v) is 7.46. The van der Waals surface area contributed by atoms with E-state index in [4.69, 9.17) is 4.74 Å². The van der Waals surface area contributed by atoms with Crippen molar-refractivity contribution < 1.29 is 14.0 Å². The van der Waals surface area contributed by atoms with Gasteiger partial charge >= 0.3 is 5.97 Å². The standard InChI is InChI=1S/C8H16NO2/c1-5-6-11-8(10)7-9(2,3)4/h5H,1,6-7H2,2-4H3/q+1. The highest BCUT2D eigenvalue weighted by molar-refractivity contribution is 5.70. The van der Waals surface area contributed by atoms with E-state index in [-0.39, 0.29) is 5.97 Å². The molecule has 0 saturated heterocycles. The summed E-state index contributed by atoms with van der Waals surface area (Å²) in [5.41, 5.74) is 0. The van der Waals surface area contributed by atoms with Crippen LogP contribution in [0, 0.1) is 0 Å². The largest absolute Gasteiger partial charge is 0.457 e. The van der Waals surface area contributed by atoms with Crippen LogP contribution in [0.3, 0.4) is 0 Å². The van der Waals surface area contributed by atoms with Crippen molar-refractivity contribution in [1.82, 2.24) is 0 Å². The van der Waals surface area contributed by atoms with Gasteiger partial charge in [0, 0.05) is 0 Å². The molecule has 0 aliphatic rings. The number of esters is 1. The molecule has 0 aliphatic carbocycles. The highest BCUT2D eigenvalue weighted by Crippen LogP contribution is 1.91. The number of ether oxygens (including phenoxy) is 1. The molecular formula is C8H16NO2+. The van der Waals surface area contributed by atoms with Crippen molar-refractivity contribution in [3.63, 3.8) is 0 Å². The molecule has 3 nitrogen and oxygen atoms in total. The zero-order valence-electron chi connectivity index (χ0n) is 7.46. The summed E-state index contributed by atoms with van der Waals surface area (Å²) in [7, 11) is 5.82. The van der Waals surface area contributed by atoms with Crippen molar-refractivity contribution in [3.8, 4) is 0 Å². The first kappa shape index (κ1) is 10.2. The summed E-state index contributed by atoms with van der Waals surface area (Å²) in [6.07, 6.45) is 1.56. The van der Waals surface area contributed by atoms with E-state index >= 15 is 0 Å². The third-order valence-electron chi connectivity index (χ3n) is 0.966. The average Bonchev–Trinajstić information content (AvgIpc) is 1.79. The Hall–Kier alpha value is -0.830. The van der Waals surface area contributed by atoms with Gasteiger partial charge in [0.15, 0.2) is 6.54 Å². The van der Waals surface area contributed by atoms with Gasteiger partial charge < -0.3 is 9.22 Å². The summed E-state index contributed by atoms with van der Waals surface area (Å²) < 4.78 is 5.39. The Kier molecular flexibility index (Phi) is 3.82. The van der Waals surface area contributed by atoms with Crippen LogP contribution in [0.25, 0.3) is 0 Å². The number of hydrogen-bond acceptors (Lipinski definition) is 2. The molecule has 0 radical (unpaired) electrons. The van der Waals surface area contributed by atoms with Gasteiger partial charge in [0.2, 0.25) is 0 Å². The second kappa shape index (κ2) is 4.13. The normalized spacial score (nSPS) is 10.8. The summed E-state index contributed by atoms with van der Waals surface area (Å²) in [6.45, 7) is 4.15. The first-order valence-electron chi connectivity index (χ1n) is 3.52. The van der Waals surface area contributed by atoms with E-state index in [1.165, 1.54) is 0 Å². The number of quaternary nitrogens is 1. The summed E-state index contributed by atoms with van der Waals surface area (Å²) in [5.74, 6) is -0.183. The van der Waals surface area contributed by atoms with Crippen molar-refractivity contribution in [2.75, 3.05) is 34.3 Å². The van der Waals surface area contributed by atoms with Crippen LogP contribution in [-0.4, -0.2) is 44.7 Å². The molecule has 0 heterocycles. The van der Waals surface area contributed by atoms with Gasteiger partial charge in [0.05, 0.1) is 21.1 Å². The third-order valence-corrected chi connectivity index (χ3v) is 0.966. The molecule has 0 bridgehead atoms. The van der Waals surface area contributed by atoms with Crippen molar-refractivity contribution >= 4 is 5.97 Å². The highest BCUT2D eigenvalue weighted by Gasteiger charge is 2.14. The Bertz CT molecular complexity index is 147. The lowest BCUT2D eigenvalue weighted by atomic mass is 10.5. The molecule has 0 aromatic carbocycles. The molecule has 0 N–H and O–H groups in total. The van der Waals surface area contributed by atoms with Crippen LogP contribution in [0.4, 0.5) is 0 Å². The van der Waals surface area contributed by atoms with Crippen LogP contribution >= 0.6 is 0 Å². The fourth-order valence-electron chi connectivity index (χ4n) is 0.585. The number of carbonyl (C=O) groups is 1. The lowest BCUT2D eigenvalue weighted by Gasteiger charge is -2.21. The van der Waals surface area contributed by atoms with Gasteiger partial charge in [-0.15, -0.1) is 0 Å². The predicted molar refractivity (Wildman–Crippen MR) is 44.1 cm³/mol. The second-order valence-corrected chi connectivity index (χ2v) is 3.42. The monoisotopic (exact) mass is 158 g/mol. The van der Waals surface area contributed by atoms with Crippen LogP contribution in [0.1, 0.15) is 0 Å². The Morgan fingerprint density at radius 2 is 2.09 bits per heavy atom. The summed E-state index contributed by atoms with van der Waals surface area (Å²) in [5, 5.41) is 0. The van der Waals surface area contributed by atoms with Gasteiger partial charge in [-0.05, 0) is 0 Å². The fourth-order valence-corrected chi connectivity index (χ4v) is 0.585. The molecule has 0 aliphatic heterocycles. The summed E-state index contributed by atoms with van der Waals surface area (Å²) >= 11 is 0. The molecule has 0 spiro atoms. The number of carbonyl (C=O) groups excluding carboxylic acids is 1. The highest BCUT2D eigenvalue weighted by atomic mass is 16.5. The Balaban J connectivity index is 3.61. The van der Waals surface area contributed by atoms with Gasteiger partial charge in [-0.3, -0.25) is 0 Å². The van der Waals surface area contributed by atoms with Crippen LogP contribution in [0.2, 0.25) is 0 Å². The lowest BCUT2D eigenvalue weighted by molar-refractivity contribution is -0.862. The van der Waals surface area contributed by atoms with Gasteiger partial charge in [-0.25, -0.2) is 4.79 Å². The van der Waals surface area contributed by atoms with Gasteiger partial charge in [0.25, 0.3) is 0 Å². The molecule has 0 saturated carbocycles.